The number of Topliss-reactive ketones (excluding diaryl/α,β-unsaturated/α-hetero) is 1. The molecule has 0 bridgehead atoms. The lowest BCUT2D eigenvalue weighted by Gasteiger charge is -2.26. The van der Waals surface area contributed by atoms with E-state index in [2.05, 4.69) is 13.8 Å². The molecule has 1 amide bonds. The minimum absolute atomic E-state index is 0.0434. The van der Waals surface area contributed by atoms with Gasteiger partial charge in [-0.25, -0.2) is 0 Å². The average molecular weight is 502 g/mol. The van der Waals surface area contributed by atoms with Gasteiger partial charge in [-0.3, -0.25) is 14.5 Å². The number of aliphatic hydroxyl groups is 1. The molecule has 0 saturated carbocycles. The minimum Gasteiger partial charge on any atom is -0.507 e. The van der Waals surface area contributed by atoms with Crippen LogP contribution in [0.1, 0.15) is 49.4 Å². The summed E-state index contributed by atoms with van der Waals surface area (Å²) in [5.74, 6) is -0.149. The van der Waals surface area contributed by atoms with Gasteiger partial charge in [0.1, 0.15) is 23.0 Å². The summed E-state index contributed by atoms with van der Waals surface area (Å²) in [5.41, 5.74) is 2.49. The van der Waals surface area contributed by atoms with Gasteiger partial charge in [-0.1, -0.05) is 38.1 Å². The highest BCUT2D eigenvalue weighted by Crippen LogP contribution is 2.44. The van der Waals surface area contributed by atoms with E-state index in [-0.39, 0.29) is 16.9 Å². The van der Waals surface area contributed by atoms with Crippen molar-refractivity contribution < 1.29 is 28.9 Å². The van der Waals surface area contributed by atoms with E-state index in [1.807, 2.05) is 43.3 Å². The number of hydrogen-bond acceptors (Lipinski definition) is 6. The molecule has 0 aromatic heterocycles. The normalized spacial score (nSPS) is 16.8. The monoisotopic (exact) mass is 501 g/mol. The molecule has 37 heavy (non-hydrogen) atoms. The van der Waals surface area contributed by atoms with Crippen LogP contribution in [0.2, 0.25) is 0 Å². The van der Waals surface area contributed by atoms with Gasteiger partial charge in [-0.15, -0.1) is 0 Å². The first-order valence-corrected chi connectivity index (χ1v) is 12.2. The van der Waals surface area contributed by atoms with Crippen molar-refractivity contribution in [2.75, 3.05) is 25.7 Å². The molecule has 1 fully saturated rings. The van der Waals surface area contributed by atoms with Gasteiger partial charge < -0.3 is 19.3 Å². The van der Waals surface area contributed by atoms with Crippen LogP contribution >= 0.6 is 0 Å². The zero-order valence-electron chi connectivity index (χ0n) is 21.6. The summed E-state index contributed by atoms with van der Waals surface area (Å²) in [6, 6.07) is 18.8. The maximum Gasteiger partial charge on any atom is 0.300 e. The quantitative estimate of drug-likeness (QED) is 0.237. The lowest BCUT2D eigenvalue weighted by atomic mass is 9.94. The van der Waals surface area contributed by atoms with Gasteiger partial charge in [0.05, 0.1) is 38.0 Å². The third-order valence-corrected chi connectivity index (χ3v) is 6.43. The number of hydrogen-bond donors (Lipinski definition) is 1. The zero-order chi connectivity index (χ0) is 26.7. The molecular formula is C30H31NO6. The smallest absolute Gasteiger partial charge is 0.300 e. The van der Waals surface area contributed by atoms with E-state index in [0.29, 0.717) is 41.0 Å². The number of benzene rings is 3. The van der Waals surface area contributed by atoms with Crippen LogP contribution in [0.15, 0.2) is 72.3 Å². The average Bonchev–Trinajstić information content (AvgIpc) is 3.18. The number of ketones is 1. The van der Waals surface area contributed by atoms with Crippen molar-refractivity contribution in [1.29, 1.82) is 0 Å². The van der Waals surface area contributed by atoms with Gasteiger partial charge in [0.15, 0.2) is 0 Å². The Morgan fingerprint density at radius 3 is 2.30 bits per heavy atom. The van der Waals surface area contributed by atoms with Crippen LogP contribution in [0.25, 0.3) is 5.76 Å². The van der Waals surface area contributed by atoms with E-state index >= 15 is 0 Å². The molecule has 7 nitrogen and oxygen atoms in total. The number of amides is 1. The number of ether oxygens (including phenoxy) is 3. The standard InChI is InChI=1S/C30H31NO6/c1-6-37-23-9-7-8-20(16-23)27-26(28(32)24-17-22(35-4)14-15-25(24)36-5)29(33)30(34)31(27)21-12-10-19(11-13-21)18(2)3/h7-18,27,32H,6H2,1-5H3/b28-26+. The highest BCUT2D eigenvalue weighted by molar-refractivity contribution is 6.51. The summed E-state index contributed by atoms with van der Waals surface area (Å²) in [7, 11) is 2.97. The summed E-state index contributed by atoms with van der Waals surface area (Å²) >= 11 is 0. The molecule has 1 saturated heterocycles. The fourth-order valence-corrected chi connectivity index (χ4v) is 4.52. The molecule has 3 aromatic rings. The first kappa shape index (κ1) is 25.8. The number of aliphatic hydroxyl groups excluding tert-OH is 1. The minimum atomic E-state index is -0.888. The molecule has 0 spiro atoms. The Morgan fingerprint density at radius 1 is 0.946 bits per heavy atom. The Hall–Kier alpha value is -4.26. The maximum atomic E-state index is 13.5. The molecular weight excluding hydrogens is 470 g/mol. The molecule has 1 heterocycles. The molecule has 7 heteroatoms. The molecule has 0 aliphatic carbocycles. The second kappa shape index (κ2) is 10.8. The third-order valence-electron chi connectivity index (χ3n) is 6.43. The molecule has 1 unspecified atom stereocenters. The fourth-order valence-electron chi connectivity index (χ4n) is 4.52. The Balaban J connectivity index is 1.96. The SMILES string of the molecule is CCOc1cccc(C2/C(=C(\O)c3cc(OC)ccc3OC)C(=O)C(=O)N2c2ccc(C(C)C)cc2)c1. The number of methoxy groups -OCH3 is 2. The first-order valence-electron chi connectivity index (χ1n) is 12.2. The number of carbonyl (C=O) groups excluding carboxylic acids is 2. The van der Waals surface area contributed by atoms with Crippen molar-refractivity contribution in [2.45, 2.75) is 32.7 Å². The van der Waals surface area contributed by atoms with Gasteiger partial charge in [-0.2, -0.15) is 0 Å². The van der Waals surface area contributed by atoms with Crippen molar-refractivity contribution in [3.8, 4) is 17.2 Å². The predicted molar refractivity (Wildman–Crippen MR) is 142 cm³/mol. The lowest BCUT2D eigenvalue weighted by molar-refractivity contribution is -0.132. The van der Waals surface area contributed by atoms with Crippen molar-refractivity contribution in [1.82, 2.24) is 0 Å². The molecule has 1 aliphatic rings. The summed E-state index contributed by atoms with van der Waals surface area (Å²) in [5, 5.41) is 11.5. The van der Waals surface area contributed by atoms with Crippen molar-refractivity contribution in [2.24, 2.45) is 0 Å². The second-order valence-electron chi connectivity index (χ2n) is 8.99. The van der Waals surface area contributed by atoms with E-state index in [9.17, 15) is 14.7 Å². The first-order chi connectivity index (χ1) is 17.8. The Morgan fingerprint density at radius 2 is 1.68 bits per heavy atom. The molecule has 0 radical (unpaired) electrons. The summed E-state index contributed by atoms with van der Waals surface area (Å²) < 4.78 is 16.5. The number of nitrogens with zero attached hydrogens (tertiary/aromatic N) is 1. The van der Waals surface area contributed by atoms with Crippen molar-refractivity contribution >= 4 is 23.1 Å². The topological polar surface area (TPSA) is 85.3 Å². The fraction of sp³-hybridized carbons (Fsp3) is 0.267. The van der Waals surface area contributed by atoms with Crippen LogP contribution in [0.5, 0.6) is 17.2 Å². The van der Waals surface area contributed by atoms with Crippen LogP contribution in [0.3, 0.4) is 0 Å². The lowest BCUT2D eigenvalue weighted by Crippen LogP contribution is -2.29. The van der Waals surface area contributed by atoms with Gasteiger partial charge in [0.25, 0.3) is 11.7 Å². The molecule has 1 atom stereocenters. The van der Waals surface area contributed by atoms with Crippen molar-refractivity contribution in [3.05, 3.63) is 89.0 Å². The predicted octanol–water partition coefficient (Wildman–Crippen LogP) is 5.85. The van der Waals surface area contributed by atoms with Crippen LogP contribution < -0.4 is 19.1 Å². The van der Waals surface area contributed by atoms with Gasteiger partial charge >= 0.3 is 0 Å². The van der Waals surface area contributed by atoms with Gasteiger partial charge in [0.2, 0.25) is 0 Å². The van der Waals surface area contributed by atoms with Crippen LogP contribution in [-0.4, -0.2) is 37.6 Å². The summed E-state index contributed by atoms with van der Waals surface area (Å²) in [6.45, 7) is 6.51. The van der Waals surface area contributed by atoms with Crippen molar-refractivity contribution in [3.63, 3.8) is 0 Å². The van der Waals surface area contributed by atoms with Gasteiger partial charge in [0, 0.05) is 5.69 Å². The highest BCUT2D eigenvalue weighted by Gasteiger charge is 2.47. The summed E-state index contributed by atoms with van der Waals surface area (Å²) in [6.07, 6.45) is 0. The maximum absolute atomic E-state index is 13.5. The molecule has 1 N–H and O–H groups in total. The van der Waals surface area contributed by atoms with E-state index in [1.54, 1.807) is 30.3 Å². The van der Waals surface area contributed by atoms with E-state index in [0.717, 1.165) is 5.56 Å². The Kier molecular flexibility index (Phi) is 7.53. The van der Waals surface area contributed by atoms with Crippen LogP contribution in [-0.2, 0) is 9.59 Å². The highest BCUT2D eigenvalue weighted by atomic mass is 16.5. The van der Waals surface area contributed by atoms with E-state index < -0.39 is 17.7 Å². The summed E-state index contributed by atoms with van der Waals surface area (Å²) in [4.78, 5) is 28.4. The molecule has 192 valence electrons. The third kappa shape index (κ3) is 4.89. The van der Waals surface area contributed by atoms with Gasteiger partial charge in [-0.05, 0) is 66.4 Å². The Labute approximate surface area is 216 Å². The Bertz CT molecular complexity index is 1340. The zero-order valence-corrected chi connectivity index (χ0v) is 21.6. The molecule has 3 aromatic carbocycles. The van der Waals surface area contributed by atoms with Crippen LogP contribution in [0.4, 0.5) is 5.69 Å². The number of rotatable bonds is 8. The largest absolute Gasteiger partial charge is 0.507 e. The molecule has 1 aliphatic heterocycles. The molecule has 4 rings (SSSR count). The number of anilines is 1. The van der Waals surface area contributed by atoms with E-state index in [1.165, 1.54) is 19.1 Å². The number of carbonyl (C=O) groups is 2. The second-order valence-corrected chi connectivity index (χ2v) is 8.99. The van der Waals surface area contributed by atoms with E-state index in [4.69, 9.17) is 14.2 Å². The van der Waals surface area contributed by atoms with Crippen LogP contribution in [0, 0.1) is 0 Å².